The maximum Gasteiger partial charge on any atom is 0.0752 e. The molecular formula is C13H21NO2S. The molecule has 2 N–H and O–H groups in total. The van der Waals surface area contributed by atoms with Gasteiger partial charge in [-0.15, -0.1) is 17.4 Å². The summed E-state index contributed by atoms with van der Waals surface area (Å²) in [5.74, 6) is 0.441. The van der Waals surface area contributed by atoms with Crippen LogP contribution in [0.1, 0.15) is 25.3 Å². The van der Waals surface area contributed by atoms with Gasteiger partial charge in [-0.25, -0.2) is 4.31 Å². The Bertz CT molecular complexity index is 374. The van der Waals surface area contributed by atoms with Crippen LogP contribution in [0.3, 0.4) is 0 Å². The Hall–Kier alpha value is -0.810. The van der Waals surface area contributed by atoms with Crippen LogP contribution >= 0.6 is 10.8 Å². The molecule has 4 heteroatoms. The highest BCUT2D eigenvalue weighted by Gasteiger charge is 2.20. The fraction of sp³-hybridized carbons (Fsp3) is 0.385. The summed E-state index contributed by atoms with van der Waals surface area (Å²) in [6.45, 7) is 8.25. The highest BCUT2D eigenvalue weighted by Crippen LogP contribution is 2.50. The number of benzene rings is 1. The van der Waals surface area contributed by atoms with Gasteiger partial charge in [0.1, 0.15) is 0 Å². The lowest BCUT2D eigenvalue weighted by Crippen LogP contribution is -2.23. The minimum Gasteiger partial charge on any atom is -0.281 e. The molecule has 0 aliphatic carbocycles. The van der Waals surface area contributed by atoms with E-state index < -0.39 is 10.8 Å². The van der Waals surface area contributed by atoms with Gasteiger partial charge in [-0.2, -0.15) is 0 Å². The van der Waals surface area contributed by atoms with E-state index in [2.05, 4.69) is 20.4 Å². The van der Waals surface area contributed by atoms with Crippen LogP contribution in [0.2, 0.25) is 0 Å². The van der Waals surface area contributed by atoms with Crippen LogP contribution in [-0.4, -0.2) is 27.0 Å². The molecule has 0 spiro atoms. The SMILES string of the molecule is C=CCN(C)S(O)(O)c1ccc(C(C)C)cc1. The van der Waals surface area contributed by atoms with Crippen molar-refractivity contribution < 1.29 is 9.11 Å². The van der Waals surface area contributed by atoms with Crippen molar-refractivity contribution in [2.45, 2.75) is 24.7 Å². The molecule has 96 valence electrons. The zero-order valence-electron chi connectivity index (χ0n) is 10.6. The molecule has 0 aromatic heterocycles. The number of hydrogen-bond donors (Lipinski definition) is 2. The molecule has 0 atom stereocenters. The first kappa shape index (κ1) is 14.3. The Morgan fingerprint density at radius 1 is 1.29 bits per heavy atom. The summed E-state index contributed by atoms with van der Waals surface area (Å²) < 4.78 is 21.8. The molecule has 3 nitrogen and oxygen atoms in total. The van der Waals surface area contributed by atoms with E-state index in [4.69, 9.17) is 0 Å². The van der Waals surface area contributed by atoms with Gasteiger partial charge in [0.15, 0.2) is 0 Å². The van der Waals surface area contributed by atoms with Crippen molar-refractivity contribution in [2.75, 3.05) is 13.6 Å². The second-order valence-corrected chi connectivity index (χ2v) is 6.47. The summed E-state index contributed by atoms with van der Waals surface area (Å²) in [6, 6.07) is 7.44. The summed E-state index contributed by atoms with van der Waals surface area (Å²) in [7, 11) is -1.21. The average Bonchev–Trinajstić information content (AvgIpc) is 2.29. The fourth-order valence-corrected chi connectivity index (χ4v) is 2.68. The van der Waals surface area contributed by atoms with Crippen molar-refractivity contribution >= 4 is 10.8 Å². The predicted molar refractivity (Wildman–Crippen MR) is 74.5 cm³/mol. The zero-order chi connectivity index (χ0) is 13.1. The lowest BCUT2D eigenvalue weighted by molar-refractivity contribution is 0.400. The first-order valence-corrected chi connectivity index (χ1v) is 7.10. The van der Waals surface area contributed by atoms with Gasteiger partial charge in [-0.1, -0.05) is 32.1 Å². The molecule has 17 heavy (non-hydrogen) atoms. The van der Waals surface area contributed by atoms with Gasteiger partial charge >= 0.3 is 0 Å². The van der Waals surface area contributed by atoms with Crippen LogP contribution < -0.4 is 0 Å². The Morgan fingerprint density at radius 2 is 1.82 bits per heavy atom. The number of likely N-dealkylation sites (N-methyl/N-ethyl adjacent to an activating group) is 1. The van der Waals surface area contributed by atoms with Gasteiger partial charge in [-0.3, -0.25) is 9.11 Å². The van der Waals surface area contributed by atoms with Crippen molar-refractivity contribution in [3.8, 4) is 0 Å². The monoisotopic (exact) mass is 255 g/mol. The molecule has 1 rings (SSSR count). The molecule has 0 saturated heterocycles. The summed E-state index contributed by atoms with van der Waals surface area (Å²) in [4.78, 5) is 0.547. The van der Waals surface area contributed by atoms with Crippen LogP contribution in [0, 0.1) is 0 Å². The lowest BCUT2D eigenvalue weighted by Gasteiger charge is -2.40. The topological polar surface area (TPSA) is 43.7 Å². The average molecular weight is 255 g/mol. The molecule has 0 aliphatic rings. The van der Waals surface area contributed by atoms with Crippen molar-refractivity contribution in [3.05, 3.63) is 42.5 Å². The van der Waals surface area contributed by atoms with Crippen LogP contribution in [0.5, 0.6) is 0 Å². The minimum absolute atomic E-state index is 0.439. The molecule has 0 amide bonds. The Balaban J connectivity index is 2.95. The van der Waals surface area contributed by atoms with E-state index in [1.807, 2.05) is 12.1 Å². The van der Waals surface area contributed by atoms with Crippen molar-refractivity contribution in [3.63, 3.8) is 0 Å². The van der Waals surface area contributed by atoms with E-state index in [9.17, 15) is 9.11 Å². The number of hydrogen-bond acceptors (Lipinski definition) is 3. The number of nitrogens with zero attached hydrogens (tertiary/aromatic N) is 1. The van der Waals surface area contributed by atoms with E-state index in [1.165, 1.54) is 9.87 Å². The Labute approximate surface area is 105 Å². The maximum absolute atomic E-state index is 10.1. The Kier molecular flexibility index (Phi) is 4.77. The van der Waals surface area contributed by atoms with Gasteiger partial charge in [0.2, 0.25) is 0 Å². The summed E-state index contributed by atoms with van der Waals surface area (Å²) in [5.41, 5.74) is 1.19. The highest BCUT2D eigenvalue weighted by atomic mass is 32.3. The molecule has 0 fully saturated rings. The van der Waals surface area contributed by atoms with E-state index >= 15 is 0 Å². The number of rotatable bonds is 5. The van der Waals surface area contributed by atoms with E-state index in [-0.39, 0.29) is 0 Å². The van der Waals surface area contributed by atoms with E-state index in [0.717, 1.165) is 0 Å². The van der Waals surface area contributed by atoms with Gasteiger partial charge in [0.05, 0.1) is 4.90 Å². The minimum atomic E-state index is -2.88. The summed E-state index contributed by atoms with van der Waals surface area (Å²) in [5, 5.41) is 0. The third-order valence-electron chi connectivity index (χ3n) is 2.68. The van der Waals surface area contributed by atoms with Gasteiger partial charge in [0.25, 0.3) is 0 Å². The molecule has 0 saturated carbocycles. The molecular weight excluding hydrogens is 234 g/mol. The molecule has 0 unspecified atom stereocenters. The second-order valence-electron chi connectivity index (χ2n) is 4.34. The lowest BCUT2D eigenvalue weighted by atomic mass is 10.0. The van der Waals surface area contributed by atoms with Gasteiger partial charge in [0, 0.05) is 13.6 Å². The van der Waals surface area contributed by atoms with E-state index in [0.29, 0.717) is 17.4 Å². The van der Waals surface area contributed by atoms with Crippen LogP contribution in [0.4, 0.5) is 0 Å². The van der Waals surface area contributed by atoms with Crippen molar-refractivity contribution in [1.29, 1.82) is 0 Å². The summed E-state index contributed by atoms with van der Waals surface area (Å²) >= 11 is 0. The molecule has 1 aromatic rings. The predicted octanol–water partition coefficient (Wildman–Crippen LogP) is 3.95. The normalized spacial score (nSPS) is 13.1. The molecule has 0 aliphatic heterocycles. The molecule has 0 heterocycles. The van der Waals surface area contributed by atoms with Crippen LogP contribution in [0.15, 0.2) is 41.8 Å². The van der Waals surface area contributed by atoms with Gasteiger partial charge < -0.3 is 0 Å². The van der Waals surface area contributed by atoms with Gasteiger partial charge in [-0.05, 0) is 23.6 Å². The molecule has 0 bridgehead atoms. The second kappa shape index (κ2) is 5.69. The smallest absolute Gasteiger partial charge is 0.0752 e. The fourth-order valence-electron chi connectivity index (χ4n) is 1.50. The third kappa shape index (κ3) is 3.33. The van der Waals surface area contributed by atoms with Crippen molar-refractivity contribution in [1.82, 2.24) is 4.31 Å². The highest BCUT2D eigenvalue weighted by molar-refractivity contribution is 8.22. The standard InChI is InChI=1S/C13H21NO2S/c1-5-10-14(4)17(15,16)13-8-6-12(7-9-13)11(2)3/h5-9,11,15-16H,1,10H2,2-4H3. The van der Waals surface area contributed by atoms with Crippen LogP contribution in [0.25, 0.3) is 0 Å². The first-order valence-electron chi connectivity index (χ1n) is 5.60. The van der Waals surface area contributed by atoms with Crippen LogP contribution in [-0.2, 0) is 0 Å². The first-order chi connectivity index (χ1) is 7.89. The maximum atomic E-state index is 10.1. The zero-order valence-corrected chi connectivity index (χ0v) is 11.4. The largest absolute Gasteiger partial charge is 0.281 e. The summed E-state index contributed by atoms with van der Waals surface area (Å²) in [6.07, 6.45) is 1.65. The van der Waals surface area contributed by atoms with Crippen molar-refractivity contribution in [2.24, 2.45) is 0 Å². The molecule has 0 radical (unpaired) electrons. The molecule has 1 aromatic carbocycles. The quantitative estimate of drug-likeness (QED) is 0.783. The van der Waals surface area contributed by atoms with E-state index in [1.54, 1.807) is 25.3 Å². The Morgan fingerprint density at radius 3 is 2.24 bits per heavy atom. The third-order valence-corrected chi connectivity index (χ3v) is 4.61.